The Morgan fingerprint density at radius 3 is 2.45 bits per heavy atom. The van der Waals surface area contributed by atoms with Gasteiger partial charge in [0, 0.05) is 27.2 Å². The Balaban J connectivity index is 1.96. The van der Waals surface area contributed by atoms with Crippen LogP contribution in [0.5, 0.6) is 0 Å². The lowest BCUT2D eigenvalue weighted by molar-refractivity contribution is 0.0601. The van der Waals surface area contributed by atoms with Crippen molar-refractivity contribution in [1.82, 2.24) is 19.7 Å². The maximum atomic E-state index is 12.0. The van der Waals surface area contributed by atoms with Crippen LogP contribution in [0.4, 0.5) is 0 Å². The third kappa shape index (κ3) is 3.58. The number of benzene rings is 2. The van der Waals surface area contributed by atoms with E-state index >= 15 is 0 Å². The van der Waals surface area contributed by atoms with Gasteiger partial charge in [0.15, 0.2) is 5.82 Å². The second kappa shape index (κ2) is 7.15. The molecule has 4 rings (SSSR count). The molecule has 148 valence electrons. The van der Waals surface area contributed by atoms with E-state index in [-0.39, 0.29) is 11.4 Å². The maximum absolute atomic E-state index is 12.0. The minimum atomic E-state index is -0.388. The van der Waals surface area contributed by atoms with Gasteiger partial charge in [-0.1, -0.05) is 48.8 Å². The van der Waals surface area contributed by atoms with Crippen molar-refractivity contribution in [3.63, 3.8) is 0 Å². The first-order valence-corrected chi connectivity index (χ1v) is 10.0. The van der Waals surface area contributed by atoms with Crippen LogP contribution in [-0.2, 0) is 10.2 Å². The largest absolute Gasteiger partial charge is 0.465 e. The summed E-state index contributed by atoms with van der Waals surface area (Å²) < 4.78 is 7.85. The van der Waals surface area contributed by atoms with Crippen molar-refractivity contribution >= 4 is 32.9 Å². The van der Waals surface area contributed by atoms with Gasteiger partial charge in [0.2, 0.25) is 0 Å². The summed E-state index contributed by atoms with van der Waals surface area (Å²) >= 11 is 3.48. The van der Waals surface area contributed by atoms with Crippen molar-refractivity contribution in [2.45, 2.75) is 26.2 Å². The molecule has 2 heterocycles. The summed E-state index contributed by atoms with van der Waals surface area (Å²) in [6.45, 7) is 6.40. The van der Waals surface area contributed by atoms with Crippen molar-refractivity contribution in [3.8, 4) is 17.2 Å². The van der Waals surface area contributed by atoms with Gasteiger partial charge in [0.1, 0.15) is 5.82 Å². The predicted octanol–water partition coefficient (Wildman–Crippen LogP) is 5.26. The molecule has 0 unspecified atom stereocenters. The molecule has 2 aromatic carbocycles. The number of aromatic amines is 1. The van der Waals surface area contributed by atoms with E-state index < -0.39 is 0 Å². The lowest BCUT2D eigenvalue weighted by Gasteiger charge is -2.14. The number of rotatable bonds is 3. The molecule has 6 nitrogen and oxygen atoms in total. The van der Waals surface area contributed by atoms with Gasteiger partial charge in [-0.3, -0.25) is 9.67 Å². The molecule has 0 amide bonds. The molecule has 0 radical (unpaired) electrons. The Bertz CT molecular complexity index is 1200. The van der Waals surface area contributed by atoms with Gasteiger partial charge in [0.25, 0.3) is 0 Å². The Labute approximate surface area is 177 Å². The van der Waals surface area contributed by atoms with Crippen molar-refractivity contribution in [1.29, 1.82) is 0 Å². The zero-order chi connectivity index (χ0) is 20.8. The summed E-state index contributed by atoms with van der Waals surface area (Å²) in [5.41, 5.74) is 3.95. The van der Waals surface area contributed by atoms with Gasteiger partial charge >= 0.3 is 5.97 Å². The summed E-state index contributed by atoms with van der Waals surface area (Å²) in [7, 11) is 1.37. The van der Waals surface area contributed by atoms with E-state index in [4.69, 9.17) is 9.72 Å². The lowest BCUT2D eigenvalue weighted by atomic mass is 9.92. The van der Waals surface area contributed by atoms with Crippen LogP contribution in [0.2, 0.25) is 0 Å². The molecule has 0 aliphatic heterocycles. The van der Waals surface area contributed by atoms with Crippen LogP contribution < -0.4 is 0 Å². The number of nitrogens with zero attached hydrogens (tertiary/aromatic N) is 3. The minimum absolute atomic E-state index is 0.0581. The van der Waals surface area contributed by atoms with Crippen LogP contribution in [0.25, 0.3) is 28.2 Å². The maximum Gasteiger partial charge on any atom is 0.337 e. The first-order valence-electron chi connectivity index (χ1n) is 9.21. The molecule has 0 aliphatic rings. The lowest BCUT2D eigenvalue weighted by Crippen LogP contribution is -2.11. The van der Waals surface area contributed by atoms with Crippen molar-refractivity contribution < 1.29 is 9.53 Å². The highest BCUT2D eigenvalue weighted by Crippen LogP contribution is 2.31. The SMILES string of the molecule is COC(=O)c1ccc2c(c1)nc(-c1ccc(Br)cc1)n2-c1cc(C(C)(C)C)[nH]n1. The van der Waals surface area contributed by atoms with Crippen LogP contribution >= 0.6 is 15.9 Å². The van der Waals surface area contributed by atoms with Crippen LogP contribution in [-0.4, -0.2) is 32.8 Å². The number of carbonyl (C=O) groups excluding carboxylic acids is 1. The van der Waals surface area contributed by atoms with E-state index in [9.17, 15) is 4.79 Å². The number of hydrogen-bond donors (Lipinski definition) is 1. The number of esters is 1. The number of aromatic nitrogens is 4. The number of fused-ring (bicyclic) bond motifs is 1. The van der Waals surface area contributed by atoms with Crippen LogP contribution in [0.3, 0.4) is 0 Å². The van der Waals surface area contributed by atoms with Crippen molar-refractivity contribution in [3.05, 3.63) is 64.3 Å². The fraction of sp³-hybridized carbons (Fsp3) is 0.227. The Kier molecular flexibility index (Phi) is 4.78. The third-order valence-corrected chi connectivity index (χ3v) is 5.31. The smallest absolute Gasteiger partial charge is 0.337 e. The quantitative estimate of drug-likeness (QED) is 0.430. The molecule has 0 aliphatic carbocycles. The molecule has 0 bridgehead atoms. The monoisotopic (exact) mass is 452 g/mol. The molecule has 0 fully saturated rings. The summed E-state index contributed by atoms with van der Waals surface area (Å²) in [5, 5.41) is 7.69. The molecule has 0 saturated heterocycles. The predicted molar refractivity (Wildman–Crippen MR) is 116 cm³/mol. The van der Waals surface area contributed by atoms with Gasteiger partial charge in [-0.25, -0.2) is 9.78 Å². The first kappa shape index (κ1) is 19.4. The summed E-state index contributed by atoms with van der Waals surface area (Å²) in [6, 6.07) is 15.4. The van der Waals surface area contributed by atoms with Gasteiger partial charge in [-0.15, -0.1) is 0 Å². The summed E-state index contributed by atoms with van der Waals surface area (Å²) in [6.07, 6.45) is 0. The number of imidazole rings is 1. The van der Waals surface area contributed by atoms with Crippen LogP contribution in [0.1, 0.15) is 36.8 Å². The Morgan fingerprint density at radius 1 is 1.10 bits per heavy atom. The zero-order valence-electron chi connectivity index (χ0n) is 16.7. The van der Waals surface area contributed by atoms with Crippen molar-refractivity contribution in [2.75, 3.05) is 7.11 Å². The van der Waals surface area contributed by atoms with E-state index in [1.165, 1.54) is 7.11 Å². The second-order valence-electron chi connectivity index (χ2n) is 7.86. The zero-order valence-corrected chi connectivity index (χ0v) is 18.2. The van der Waals surface area contributed by atoms with E-state index in [1.807, 2.05) is 41.0 Å². The van der Waals surface area contributed by atoms with E-state index in [0.717, 1.165) is 32.9 Å². The van der Waals surface area contributed by atoms with Gasteiger partial charge in [-0.05, 0) is 30.3 Å². The number of ether oxygens (including phenoxy) is 1. The number of hydrogen-bond acceptors (Lipinski definition) is 4. The summed E-state index contributed by atoms with van der Waals surface area (Å²) in [5.74, 6) is 1.11. The van der Waals surface area contributed by atoms with E-state index in [0.29, 0.717) is 11.1 Å². The highest BCUT2D eigenvalue weighted by atomic mass is 79.9. The van der Waals surface area contributed by atoms with Crippen molar-refractivity contribution in [2.24, 2.45) is 0 Å². The Hall–Kier alpha value is -2.93. The van der Waals surface area contributed by atoms with Crippen LogP contribution in [0, 0.1) is 0 Å². The average Bonchev–Trinajstić information content (AvgIpc) is 3.31. The molecule has 1 N–H and O–H groups in total. The van der Waals surface area contributed by atoms with Gasteiger partial charge in [0.05, 0.1) is 23.7 Å². The number of H-pyrrole nitrogens is 1. The topological polar surface area (TPSA) is 72.8 Å². The Morgan fingerprint density at radius 2 is 1.83 bits per heavy atom. The average molecular weight is 453 g/mol. The molecule has 29 heavy (non-hydrogen) atoms. The normalized spacial score (nSPS) is 11.8. The molecule has 0 atom stereocenters. The molecular formula is C22H21BrN4O2. The first-order chi connectivity index (χ1) is 13.8. The number of halogens is 1. The number of nitrogens with one attached hydrogen (secondary N) is 1. The highest BCUT2D eigenvalue weighted by molar-refractivity contribution is 9.10. The fourth-order valence-electron chi connectivity index (χ4n) is 3.16. The van der Waals surface area contributed by atoms with E-state index in [2.05, 4.69) is 46.9 Å². The van der Waals surface area contributed by atoms with E-state index in [1.54, 1.807) is 12.1 Å². The second-order valence-corrected chi connectivity index (χ2v) is 8.78. The minimum Gasteiger partial charge on any atom is -0.465 e. The molecule has 0 spiro atoms. The molecule has 0 saturated carbocycles. The van der Waals surface area contributed by atoms with Gasteiger partial charge < -0.3 is 4.74 Å². The molecule has 4 aromatic rings. The molecule has 7 heteroatoms. The molecular weight excluding hydrogens is 432 g/mol. The summed E-state index contributed by atoms with van der Waals surface area (Å²) in [4.78, 5) is 16.8. The molecule has 2 aromatic heterocycles. The standard InChI is InChI=1S/C22H21BrN4O2/c1-22(2,3)18-12-19(26-25-18)27-17-10-7-14(21(28)29-4)11-16(17)24-20(27)13-5-8-15(23)9-6-13/h5-12H,1-4H3,(H,25,26). The van der Waals surface area contributed by atoms with Crippen LogP contribution in [0.15, 0.2) is 53.0 Å². The number of carbonyl (C=O) groups is 1. The highest BCUT2D eigenvalue weighted by Gasteiger charge is 2.21. The van der Waals surface area contributed by atoms with Gasteiger partial charge in [-0.2, -0.15) is 5.10 Å². The fourth-order valence-corrected chi connectivity index (χ4v) is 3.42. The number of methoxy groups -OCH3 is 1. The third-order valence-electron chi connectivity index (χ3n) is 4.78.